The van der Waals surface area contributed by atoms with Crippen molar-refractivity contribution in [3.63, 3.8) is 0 Å². The van der Waals surface area contributed by atoms with E-state index in [0.29, 0.717) is 0 Å². The van der Waals surface area contributed by atoms with Crippen LogP contribution in [0.2, 0.25) is 0 Å². The van der Waals surface area contributed by atoms with Gasteiger partial charge in [-0.15, -0.1) is 11.3 Å². The highest BCUT2D eigenvalue weighted by Crippen LogP contribution is 2.48. The summed E-state index contributed by atoms with van der Waals surface area (Å²) >= 11 is 1.59. The average Bonchev–Trinajstić information content (AvgIpc) is 2.69. The van der Waals surface area contributed by atoms with Crippen LogP contribution in [0.1, 0.15) is 24.1 Å². The Kier molecular flexibility index (Phi) is 2.55. The maximum absolute atomic E-state index is 11.5. The van der Waals surface area contributed by atoms with Gasteiger partial charge in [0.25, 0.3) is 0 Å². The average molecular weight is 262 g/mol. The number of hydrogen-bond donors (Lipinski definition) is 1. The van der Waals surface area contributed by atoms with Gasteiger partial charge in [0.2, 0.25) is 0 Å². The van der Waals surface area contributed by atoms with Gasteiger partial charge in [0, 0.05) is 9.58 Å². The van der Waals surface area contributed by atoms with Crippen molar-refractivity contribution in [2.24, 2.45) is 0 Å². The summed E-state index contributed by atoms with van der Waals surface area (Å²) < 4.78 is 6.32. The van der Waals surface area contributed by atoms with E-state index in [-0.39, 0.29) is 0 Å². The topological polar surface area (TPSA) is 46.5 Å². The summed E-state index contributed by atoms with van der Waals surface area (Å²) in [6.45, 7) is 0. The SMILES string of the molecule is COc1ccc2sc(C3(C(=O)O)CCC3)cc2c1. The Morgan fingerprint density at radius 3 is 2.72 bits per heavy atom. The molecular formula is C14H14O3S. The molecule has 3 nitrogen and oxygen atoms in total. The Labute approximate surface area is 109 Å². The van der Waals surface area contributed by atoms with Gasteiger partial charge in [-0.3, -0.25) is 4.79 Å². The molecule has 94 valence electrons. The highest BCUT2D eigenvalue weighted by molar-refractivity contribution is 7.19. The van der Waals surface area contributed by atoms with Crippen molar-refractivity contribution in [3.8, 4) is 5.75 Å². The highest BCUT2D eigenvalue weighted by Gasteiger charge is 2.47. The molecule has 0 saturated heterocycles. The molecule has 4 heteroatoms. The van der Waals surface area contributed by atoms with Crippen molar-refractivity contribution in [1.82, 2.24) is 0 Å². The van der Waals surface area contributed by atoms with Crippen LogP contribution in [0, 0.1) is 0 Å². The predicted octanol–water partition coefficient (Wildman–Crippen LogP) is 3.42. The smallest absolute Gasteiger partial charge is 0.314 e. The third kappa shape index (κ3) is 1.52. The lowest BCUT2D eigenvalue weighted by atomic mass is 9.68. The van der Waals surface area contributed by atoms with E-state index in [0.717, 1.165) is 40.0 Å². The fourth-order valence-electron chi connectivity index (χ4n) is 2.48. The number of rotatable bonds is 3. The Balaban J connectivity index is 2.10. The van der Waals surface area contributed by atoms with Crippen molar-refractivity contribution in [2.75, 3.05) is 7.11 Å². The first-order valence-electron chi connectivity index (χ1n) is 5.97. The van der Waals surface area contributed by atoms with Crippen molar-refractivity contribution in [3.05, 3.63) is 29.1 Å². The zero-order chi connectivity index (χ0) is 12.8. The molecule has 0 amide bonds. The quantitative estimate of drug-likeness (QED) is 0.922. The molecule has 1 aromatic carbocycles. The fraction of sp³-hybridized carbons (Fsp3) is 0.357. The van der Waals surface area contributed by atoms with E-state index in [2.05, 4.69) is 0 Å². The lowest BCUT2D eigenvalue weighted by molar-refractivity contribution is -0.147. The van der Waals surface area contributed by atoms with Crippen molar-refractivity contribution < 1.29 is 14.6 Å². The molecule has 2 aromatic rings. The first-order valence-corrected chi connectivity index (χ1v) is 6.79. The van der Waals surface area contributed by atoms with Crippen LogP contribution in [0.15, 0.2) is 24.3 Å². The molecule has 18 heavy (non-hydrogen) atoms. The number of fused-ring (bicyclic) bond motifs is 1. The first kappa shape index (κ1) is 11.5. The number of benzene rings is 1. The summed E-state index contributed by atoms with van der Waals surface area (Å²) in [6, 6.07) is 7.88. The molecule has 1 fully saturated rings. The molecule has 0 atom stereocenters. The summed E-state index contributed by atoms with van der Waals surface area (Å²) in [5.74, 6) is 0.122. The number of carboxylic acids is 1. The van der Waals surface area contributed by atoms with Crippen LogP contribution in [0.3, 0.4) is 0 Å². The van der Waals surface area contributed by atoms with E-state index < -0.39 is 11.4 Å². The molecule has 0 unspecified atom stereocenters. The van der Waals surface area contributed by atoms with Crippen LogP contribution in [-0.4, -0.2) is 18.2 Å². The van der Waals surface area contributed by atoms with Gasteiger partial charge >= 0.3 is 5.97 Å². The Bertz CT molecular complexity index is 611. The molecule has 1 aliphatic rings. The second kappa shape index (κ2) is 3.99. The van der Waals surface area contributed by atoms with Gasteiger partial charge in [0.15, 0.2) is 0 Å². The largest absolute Gasteiger partial charge is 0.497 e. The summed E-state index contributed by atoms with van der Waals surface area (Å²) in [4.78, 5) is 12.5. The molecule has 0 spiro atoms. The minimum atomic E-state index is -0.688. The number of aliphatic carboxylic acids is 1. The normalized spacial score (nSPS) is 17.4. The highest BCUT2D eigenvalue weighted by atomic mass is 32.1. The monoisotopic (exact) mass is 262 g/mol. The van der Waals surface area contributed by atoms with Gasteiger partial charge < -0.3 is 9.84 Å². The number of methoxy groups -OCH3 is 1. The van der Waals surface area contributed by atoms with Crippen LogP contribution in [-0.2, 0) is 10.2 Å². The van der Waals surface area contributed by atoms with Crippen molar-refractivity contribution in [2.45, 2.75) is 24.7 Å². The minimum absolute atomic E-state index is 0.628. The first-order chi connectivity index (χ1) is 8.65. The van der Waals surface area contributed by atoms with Gasteiger partial charge in [0.05, 0.1) is 7.11 Å². The van der Waals surface area contributed by atoms with Gasteiger partial charge in [-0.1, -0.05) is 6.42 Å². The molecular weight excluding hydrogens is 248 g/mol. The number of hydrogen-bond acceptors (Lipinski definition) is 3. The molecule has 0 aliphatic heterocycles. The van der Waals surface area contributed by atoms with Crippen molar-refractivity contribution in [1.29, 1.82) is 0 Å². The van der Waals surface area contributed by atoms with E-state index in [1.807, 2.05) is 24.3 Å². The third-order valence-electron chi connectivity index (χ3n) is 3.81. The molecule has 3 rings (SSSR count). The number of thiophene rings is 1. The zero-order valence-electron chi connectivity index (χ0n) is 10.1. The maximum Gasteiger partial charge on any atom is 0.314 e. The van der Waals surface area contributed by atoms with E-state index in [4.69, 9.17) is 4.74 Å². The van der Waals surface area contributed by atoms with Crippen LogP contribution in [0.25, 0.3) is 10.1 Å². The Morgan fingerprint density at radius 1 is 1.39 bits per heavy atom. The summed E-state index contributed by atoms with van der Waals surface area (Å²) in [6.07, 6.45) is 2.52. The van der Waals surface area contributed by atoms with Gasteiger partial charge in [0.1, 0.15) is 11.2 Å². The third-order valence-corrected chi connectivity index (χ3v) is 5.13. The lowest BCUT2D eigenvalue weighted by Gasteiger charge is -2.36. The van der Waals surface area contributed by atoms with Crippen LogP contribution in [0.4, 0.5) is 0 Å². The van der Waals surface area contributed by atoms with Crippen LogP contribution < -0.4 is 4.74 Å². The van der Waals surface area contributed by atoms with E-state index in [1.165, 1.54) is 0 Å². The second-order valence-corrected chi connectivity index (χ2v) is 5.84. The summed E-state index contributed by atoms with van der Waals surface area (Å²) in [7, 11) is 1.64. The molecule has 0 bridgehead atoms. The van der Waals surface area contributed by atoms with Crippen LogP contribution in [0.5, 0.6) is 5.75 Å². The van der Waals surface area contributed by atoms with E-state index in [9.17, 15) is 9.90 Å². The van der Waals surface area contributed by atoms with Gasteiger partial charge in [-0.05, 0) is 42.5 Å². The second-order valence-electron chi connectivity index (χ2n) is 4.76. The zero-order valence-corrected chi connectivity index (χ0v) is 10.9. The number of carboxylic acid groups (broad SMARTS) is 1. The maximum atomic E-state index is 11.5. The number of carbonyl (C=O) groups is 1. The number of ether oxygens (including phenoxy) is 1. The molecule has 1 heterocycles. The predicted molar refractivity (Wildman–Crippen MR) is 71.5 cm³/mol. The standard InChI is InChI=1S/C14H14O3S/c1-17-10-3-4-11-9(7-10)8-12(18-11)14(13(15)16)5-2-6-14/h3-4,7-8H,2,5-6H2,1H3,(H,15,16). The minimum Gasteiger partial charge on any atom is -0.497 e. The molecule has 1 aliphatic carbocycles. The van der Waals surface area contributed by atoms with Crippen LogP contribution >= 0.6 is 11.3 Å². The Hall–Kier alpha value is -1.55. The van der Waals surface area contributed by atoms with E-state index >= 15 is 0 Å². The van der Waals surface area contributed by atoms with Gasteiger partial charge in [-0.25, -0.2) is 0 Å². The molecule has 0 radical (unpaired) electrons. The van der Waals surface area contributed by atoms with E-state index in [1.54, 1.807) is 18.4 Å². The lowest BCUT2D eigenvalue weighted by Crippen LogP contribution is -2.41. The molecule has 1 aromatic heterocycles. The Morgan fingerprint density at radius 2 is 2.17 bits per heavy atom. The fourth-order valence-corrected chi connectivity index (χ4v) is 3.76. The molecule has 1 saturated carbocycles. The van der Waals surface area contributed by atoms with Crippen molar-refractivity contribution >= 4 is 27.4 Å². The molecule has 1 N–H and O–H groups in total. The summed E-state index contributed by atoms with van der Waals surface area (Å²) in [5.41, 5.74) is -0.628. The van der Waals surface area contributed by atoms with Gasteiger partial charge in [-0.2, -0.15) is 0 Å². The summed E-state index contributed by atoms with van der Waals surface area (Å²) in [5, 5.41) is 10.5.